The van der Waals surface area contributed by atoms with E-state index < -0.39 is 5.91 Å². The van der Waals surface area contributed by atoms with Crippen LogP contribution >= 0.6 is 15.9 Å². The summed E-state index contributed by atoms with van der Waals surface area (Å²) in [5, 5.41) is 2.84. The molecule has 0 bridgehead atoms. The third-order valence-corrected chi connectivity index (χ3v) is 3.53. The van der Waals surface area contributed by atoms with E-state index in [0.717, 1.165) is 15.6 Å². The number of hydrogen-bond acceptors (Lipinski definition) is 2. The fourth-order valence-corrected chi connectivity index (χ4v) is 2.10. The smallest absolute Gasteiger partial charge is 0.248 e. The van der Waals surface area contributed by atoms with Crippen molar-refractivity contribution in [1.82, 2.24) is 5.32 Å². The van der Waals surface area contributed by atoms with Crippen molar-refractivity contribution >= 4 is 27.7 Å². The van der Waals surface area contributed by atoms with Crippen molar-refractivity contribution in [2.45, 2.75) is 13.0 Å². The van der Waals surface area contributed by atoms with E-state index in [9.17, 15) is 9.59 Å². The van der Waals surface area contributed by atoms with Crippen LogP contribution in [-0.2, 0) is 17.8 Å². The van der Waals surface area contributed by atoms with Gasteiger partial charge >= 0.3 is 0 Å². The van der Waals surface area contributed by atoms with Crippen LogP contribution < -0.4 is 11.1 Å². The summed E-state index contributed by atoms with van der Waals surface area (Å²) >= 11 is 3.36. The molecule has 21 heavy (non-hydrogen) atoms. The first kappa shape index (κ1) is 15.3. The minimum atomic E-state index is -0.458. The van der Waals surface area contributed by atoms with E-state index in [-0.39, 0.29) is 5.91 Å². The number of hydrogen-bond donors (Lipinski definition) is 2. The molecule has 0 aliphatic carbocycles. The molecule has 4 nitrogen and oxygen atoms in total. The predicted molar refractivity (Wildman–Crippen MR) is 84.7 cm³/mol. The average Bonchev–Trinajstić information content (AvgIpc) is 2.48. The van der Waals surface area contributed by atoms with Crippen LogP contribution in [0, 0.1) is 0 Å². The lowest BCUT2D eigenvalue weighted by molar-refractivity contribution is -0.120. The normalized spacial score (nSPS) is 10.1. The summed E-state index contributed by atoms with van der Waals surface area (Å²) in [7, 11) is 0. The SMILES string of the molecule is NC(=O)c1ccc(CNC(=O)Cc2ccc(Br)cc2)cc1. The van der Waals surface area contributed by atoms with E-state index in [1.165, 1.54) is 0 Å². The molecule has 0 aromatic heterocycles. The number of amides is 2. The molecule has 0 atom stereocenters. The first-order valence-electron chi connectivity index (χ1n) is 6.44. The van der Waals surface area contributed by atoms with Crippen molar-refractivity contribution in [3.05, 3.63) is 69.7 Å². The summed E-state index contributed by atoms with van der Waals surface area (Å²) in [6, 6.07) is 14.5. The number of nitrogens with two attached hydrogens (primary N) is 1. The number of carbonyl (C=O) groups excluding carboxylic acids is 2. The summed E-state index contributed by atoms with van der Waals surface area (Å²) in [6.45, 7) is 0.425. The second-order valence-electron chi connectivity index (χ2n) is 4.64. The van der Waals surface area contributed by atoms with Crippen molar-refractivity contribution < 1.29 is 9.59 Å². The molecule has 2 aromatic rings. The van der Waals surface area contributed by atoms with Crippen molar-refractivity contribution in [3.63, 3.8) is 0 Å². The molecule has 3 N–H and O–H groups in total. The second kappa shape index (κ2) is 7.04. The first-order chi connectivity index (χ1) is 10.0. The summed E-state index contributed by atoms with van der Waals surface area (Å²) < 4.78 is 0.987. The number of nitrogens with one attached hydrogen (secondary N) is 1. The van der Waals surface area contributed by atoms with E-state index in [4.69, 9.17) is 5.73 Å². The maximum absolute atomic E-state index is 11.8. The largest absolute Gasteiger partial charge is 0.366 e. The van der Waals surface area contributed by atoms with Gasteiger partial charge in [-0.05, 0) is 35.4 Å². The Morgan fingerprint density at radius 1 is 0.952 bits per heavy atom. The maximum atomic E-state index is 11.8. The van der Waals surface area contributed by atoms with Crippen LogP contribution in [-0.4, -0.2) is 11.8 Å². The van der Waals surface area contributed by atoms with Crippen molar-refractivity contribution in [2.24, 2.45) is 5.73 Å². The molecule has 0 saturated heterocycles. The van der Waals surface area contributed by atoms with Crippen LogP contribution in [0.15, 0.2) is 53.0 Å². The number of benzene rings is 2. The van der Waals surface area contributed by atoms with Gasteiger partial charge in [0.25, 0.3) is 0 Å². The van der Waals surface area contributed by atoms with Gasteiger partial charge in [0.2, 0.25) is 11.8 Å². The predicted octanol–water partition coefficient (Wildman–Crippen LogP) is 2.41. The molecule has 0 fully saturated rings. The van der Waals surface area contributed by atoms with Crippen LogP contribution in [0.3, 0.4) is 0 Å². The quantitative estimate of drug-likeness (QED) is 0.872. The summed E-state index contributed by atoms with van der Waals surface area (Å²) in [4.78, 5) is 22.8. The number of halogens is 1. The monoisotopic (exact) mass is 346 g/mol. The Labute approximate surface area is 131 Å². The third-order valence-electron chi connectivity index (χ3n) is 3.01. The van der Waals surface area contributed by atoms with E-state index in [1.54, 1.807) is 24.3 Å². The molecule has 0 spiro atoms. The fraction of sp³-hybridized carbons (Fsp3) is 0.125. The van der Waals surface area contributed by atoms with Gasteiger partial charge in [0.15, 0.2) is 0 Å². The highest BCUT2D eigenvalue weighted by atomic mass is 79.9. The Kier molecular flexibility index (Phi) is 5.11. The van der Waals surface area contributed by atoms with Crippen molar-refractivity contribution in [2.75, 3.05) is 0 Å². The van der Waals surface area contributed by atoms with E-state index >= 15 is 0 Å². The molecule has 0 saturated carbocycles. The molecule has 2 amide bonds. The molecule has 2 rings (SSSR count). The molecular weight excluding hydrogens is 332 g/mol. The van der Waals surface area contributed by atoms with E-state index in [0.29, 0.717) is 18.5 Å². The van der Waals surface area contributed by atoms with Gasteiger partial charge in [0.1, 0.15) is 0 Å². The van der Waals surface area contributed by atoms with Gasteiger partial charge in [-0.1, -0.05) is 40.2 Å². The van der Waals surface area contributed by atoms with Gasteiger partial charge in [-0.25, -0.2) is 0 Å². The van der Waals surface area contributed by atoms with Gasteiger partial charge in [-0.3, -0.25) is 9.59 Å². The van der Waals surface area contributed by atoms with Crippen LogP contribution in [0.2, 0.25) is 0 Å². The molecule has 5 heteroatoms. The Morgan fingerprint density at radius 3 is 2.10 bits per heavy atom. The Bertz CT molecular complexity index is 636. The average molecular weight is 347 g/mol. The molecule has 0 radical (unpaired) electrons. The molecule has 0 heterocycles. The van der Waals surface area contributed by atoms with Gasteiger partial charge in [-0.15, -0.1) is 0 Å². The molecule has 108 valence electrons. The lowest BCUT2D eigenvalue weighted by Gasteiger charge is -2.06. The summed E-state index contributed by atoms with van der Waals surface area (Å²) in [6.07, 6.45) is 0.340. The number of rotatable bonds is 5. The fourth-order valence-electron chi connectivity index (χ4n) is 1.84. The van der Waals surface area contributed by atoms with Crippen molar-refractivity contribution in [3.8, 4) is 0 Å². The Balaban J connectivity index is 1.86. The molecule has 0 unspecified atom stereocenters. The van der Waals surface area contributed by atoms with Crippen LogP contribution in [0.4, 0.5) is 0 Å². The molecule has 0 aliphatic heterocycles. The summed E-state index contributed by atoms with van der Waals surface area (Å²) in [5.74, 6) is -0.503. The topological polar surface area (TPSA) is 72.2 Å². The number of primary amides is 1. The minimum absolute atomic E-state index is 0.0451. The van der Waals surface area contributed by atoms with E-state index in [1.807, 2.05) is 24.3 Å². The maximum Gasteiger partial charge on any atom is 0.248 e. The standard InChI is InChI=1S/C16H15BrN2O2/c17-14-7-3-11(4-8-14)9-15(20)19-10-12-1-5-13(6-2-12)16(18)21/h1-8H,9-10H2,(H2,18,21)(H,19,20). The van der Waals surface area contributed by atoms with Crippen molar-refractivity contribution in [1.29, 1.82) is 0 Å². The lowest BCUT2D eigenvalue weighted by atomic mass is 10.1. The van der Waals surface area contributed by atoms with Crippen LogP contribution in [0.25, 0.3) is 0 Å². The van der Waals surface area contributed by atoms with Gasteiger partial charge in [0, 0.05) is 16.6 Å². The Hall–Kier alpha value is -2.14. The zero-order valence-electron chi connectivity index (χ0n) is 11.3. The lowest BCUT2D eigenvalue weighted by Crippen LogP contribution is -2.24. The zero-order valence-corrected chi connectivity index (χ0v) is 12.9. The zero-order chi connectivity index (χ0) is 15.2. The highest BCUT2D eigenvalue weighted by Gasteiger charge is 2.04. The van der Waals surface area contributed by atoms with Gasteiger partial charge in [-0.2, -0.15) is 0 Å². The van der Waals surface area contributed by atoms with Crippen LogP contribution in [0.5, 0.6) is 0 Å². The Morgan fingerprint density at radius 2 is 1.52 bits per heavy atom. The second-order valence-corrected chi connectivity index (χ2v) is 5.56. The third kappa shape index (κ3) is 4.72. The van der Waals surface area contributed by atoms with Gasteiger partial charge in [0.05, 0.1) is 6.42 Å². The minimum Gasteiger partial charge on any atom is -0.366 e. The highest BCUT2D eigenvalue weighted by Crippen LogP contribution is 2.11. The molecule has 0 aliphatic rings. The van der Waals surface area contributed by atoms with Crippen LogP contribution in [0.1, 0.15) is 21.5 Å². The number of carbonyl (C=O) groups is 2. The van der Waals surface area contributed by atoms with Gasteiger partial charge < -0.3 is 11.1 Å². The summed E-state index contributed by atoms with van der Waals surface area (Å²) in [5.41, 5.74) is 7.51. The first-order valence-corrected chi connectivity index (χ1v) is 7.24. The van der Waals surface area contributed by atoms with E-state index in [2.05, 4.69) is 21.2 Å². The molecule has 2 aromatic carbocycles. The molecular formula is C16H15BrN2O2. The highest BCUT2D eigenvalue weighted by molar-refractivity contribution is 9.10.